The summed E-state index contributed by atoms with van der Waals surface area (Å²) < 4.78 is 17.6. The number of fused-ring (bicyclic) bond motifs is 2. The summed E-state index contributed by atoms with van der Waals surface area (Å²) in [7, 11) is 1.63. The van der Waals surface area contributed by atoms with Crippen molar-refractivity contribution in [2.75, 3.05) is 18.5 Å². The molecule has 140 valence electrons. The van der Waals surface area contributed by atoms with Crippen molar-refractivity contribution in [1.29, 1.82) is 0 Å². The molecule has 0 atom stereocenters. The topological polar surface area (TPSA) is 82.7 Å². The highest BCUT2D eigenvalue weighted by molar-refractivity contribution is 5.92. The van der Waals surface area contributed by atoms with Crippen molar-refractivity contribution in [2.24, 2.45) is 7.05 Å². The first-order valence-electron chi connectivity index (χ1n) is 8.88. The van der Waals surface area contributed by atoms with Gasteiger partial charge in [-0.3, -0.25) is 9.36 Å². The number of hydrogen-bond acceptors (Lipinski definition) is 5. The van der Waals surface area contributed by atoms with E-state index in [2.05, 4.69) is 5.32 Å². The van der Waals surface area contributed by atoms with Gasteiger partial charge in [-0.05, 0) is 48.7 Å². The number of rotatable bonds is 5. The zero-order chi connectivity index (χ0) is 18.8. The summed E-state index contributed by atoms with van der Waals surface area (Å²) in [6, 6.07) is 11.0. The molecule has 27 heavy (non-hydrogen) atoms. The predicted octanol–water partition coefficient (Wildman–Crippen LogP) is 2.86. The zero-order valence-electron chi connectivity index (χ0n) is 15.0. The van der Waals surface area contributed by atoms with Crippen molar-refractivity contribution in [3.05, 3.63) is 52.5 Å². The second-order valence-corrected chi connectivity index (χ2v) is 6.49. The van der Waals surface area contributed by atoms with E-state index >= 15 is 0 Å². The lowest BCUT2D eigenvalue weighted by Gasteiger charge is -2.18. The molecule has 0 saturated heterocycles. The molecule has 1 amide bonds. The van der Waals surface area contributed by atoms with Crippen molar-refractivity contribution in [3.63, 3.8) is 0 Å². The van der Waals surface area contributed by atoms with Crippen LogP contribution in [0.4, 0.5) is 5.69 Å². The second-order valence-electron chi connectivity index (χ2n) is 6.49. The van der Waals surface area contributed by atoms with Gasteiger partial charge in [0.05, 0.1) is 5.52 Å². The van der Waals surface area contributed by atoms with Crippen LogP contribution in [0.1, 0.15) is 18.4 Å². The number of nitrogens with one attached hydrogen (secondary N) is 1. The molecule has 2 heterocycles. The number of aryl methyl sites for hydroxylation is 2. The maximum atomic E-state index is 12.2. The average Bonchev–Trinajstić information content (AvgIpc) is 2.95. The van der Waals surface area contributed by atoms with Gasteiger partial charge in [0.1, 0.15) is 13.2 Å². The Kier molecular flexibility index (Phi) is 4.58. The highest BCUT2D eigenvalue weighted by atomic mass is 16.6. The van der Waals surface area contributed by atoms with Gasteiger partial charge in [-0.25, -0.2) is 4.79 Å². The summed E-state index contributed by atoms with van der Waals surface area (Å²) in [4.78, 5) is 23.7. The van der Waals surface area contributed by atoms with Crippen LogP contribution in [-0.4, -0.2) is 23.7 Å². The van der Waals surface area contributed by atoms with Crippen LogP contribution in [0.3, 0.4) is 0 Å². The Morgan fingerprint density at radius 1 is 1.11 bits per heavy atom. The van der Waals surface area contributed by atoms with Crippen LogP contribution in [0.25, 0.3) is 11.1 Å². The third-order valence-electron chi connectivity index (χ3n) is 4.55. The molecular formula is C20H20N2O5. The van der Waals surface area contributed by atoms with Crippen molar-refractivity contribution < 1.29 is 18.7 Å². The number of ether oxygens (including phenoxy) is 2. The highest BCUT2D eigenvalue weighted by Crippen LogP contribution is 2.31. The molecule has 0 bridgehead atoms. The minimum atomic E-state index is -0.423. The standard InChI is InChI=1S/C20H20N2O5/c1-22-15-12-14(6-8-16(15)27-20(22)24)21-19(23)4-2-3-13-5-7-17-18(11-13)26-10-9-25-17/h5-8,11-12H,2-4,9-10H2,1H3,(H,21,23). The van der Waals surface area contributed by atoms with Crippen molar-refractivity contribution in [1.82, 2.24) is 4.57 Å². The largest absolute Gasteiger partial charge is 0.486 e. The van der Waals surface area contributed by atoms with Gasteiger partial charge in [0.25, 0.3) is 0 Å². The zero-order valence-corrected chi connectivity index (χ0v) is 15.0. The Hall–Kier alpha value is -3.22. The summed E-state index contributed by atoms with van der Waals surface area (Å²) in [6.07, 6.45) is 1.90. The van der Waals surface area contributed by atoms with Crippen LogP contribution in [0.15, 0.2) is 45.6 Å². The van der Waals surface area contributed by atoms with Gasteiger partial charge >= 0.3 is 5.76 Å². The molecule has 0 fully saturated rings. The quantitative estimate of drug-likeness (QED) is 0.749. The van der Waals surface area contributed by atoms with E-state index in [1.54, 1.807) is 25.2 Å². The number of oxazole rings is 1. The second kappa shape index (κ2) is 7.19. The summed E-state index contributed by atoms with van der Waals surface area (Å²) in [5.41, 5.74) is 2.90. The summed E-state index contributed by atoms with van der Waals surface area (Å²) in [5.74, 6) is 1.04. The van der Waals surface area contributed by atoms with Crippen LogP contribution in [-0.2, 0) is 18.3 Å². The molecule has 3 aromatic rings. The van der Waals surface area contributed by atoms with Gasteiger partial charge in [-0.1, -0.05) is 6.07 Å². The van der Waals surface area contributed by atoms with Crippen LogP contribution < -0.4 is 20.5 Å². The lowest BCUT2D eigenvalue weighted by Crippen LogP contribution is -2.15. The van der Waals surface area contributed by atoms with E-state index in [0.29, 0.717) is 36.4 Å². The van der Waals surface area contributed by atoms with Crippen LogP contribution in [0, 0.1) is 0 Å². The lowest BCUT2D eigenvalue weighted by atomic mass is 10.1. The van der Waals surface area contributed by atoms with Gasteiger partial charge in [0, 0.05) is 19.2 Å². The number of aromatic nitrogens is 1. The molecule has 7 nitrogen and oxygen atoms in total. The number of carbonyl (C=O) groups is 1. The maximum absolute atomic E-state index is 12.2. The Labute approximate surface area is 155 Å². The molecule has 1 N–H and O–H groups in total. The van der Waals surface area contributed by atoms with Gasteiger partial charge in [-0.2, -0.15) is 0 Å². The van der Waals surface area contributed by atoms with E-state index in [-0.39, 0.29) is 5.91 Å². The van der Waals surface area contributed by atoms with Crippen LogP contribution >= 0.6 is 0 Å². The first-order chi connectivity index (χ1) is 13.1. The summed E-state index contributed by atoms with van der Waals surface area (Å²) >= 11 is 0. The first kappa shape index (κ1) is 17.2. The normalized spacial score (nSPS) is 12.9. The van der Waals surface area contributed by atoms with Crippen molar-refractivity contribution >= 4 is 22.7 Å². The Bertz CT molecular complexity index is 1050. The molecule has 4 rings (SSSR count). The fourth-order valence-corrected chi connectivity index (χ4v) is 3.12. The number of carbonyl (C=O) groups excluding carboxylic acids is 1. The third kappa shape index (κ3) is 3.67. The van der Waals surface area contributed by atoms with Crippen LogP contribution in [0.2, 0.25) is 0 Å². The molecule has 0 radical (unpaired) electrons. The maximum Gasteiger partial charge on any atom is 0.419 e. The average molecular weight is 368 g/mol. The lowest BCUT2D eigenvalue weighted by molar-refractivity contribution is -0.116. The van der Waals surface area contributed by atoms with Gasteiger partial charge < -0.3 is 19.2 Å². The molecule has 1 aromatic heterocycles. The highest BCUT2D eigenvalue weighted by Gasteiger charge is 2.12. The molecule has 1 aliphatic rings. The molecule has 0 unspecified atom stereocenters. The molecule has 0 spiro atoms. The summed E-state index contributed by atoms with van der Waals surface area (Å²) in [6.45, 7) is 1.14. The Morgan fingerprint density at radius 3 is 2.78 bits per heavy atom. The number of anilines is 1. The van der Waals surface area contributed by atoms with E-state index in [4.69, 9.17) is 13.9 Å². The molecule has 2 aromatic carbocycles. The van der Waals surface area contributed by atoms with E-state index < -0.39 is 5.76 Å². The number of benzene rings is 2. The minimum absolute atomic E-state index is 0.0691. The van der Waals surface area contributed by atoms with Crippen molar-refractivity contribution in [2.45, 2.75) is 19.3 Å². The molecule has 7 heteroatoms. The minimum Gasteiger partial charge on any atom is -0.486 e. The molecule has 0 saturated carbocycles. The monoisotopic (exact) mass is 368 g/mol. The van der Waals surface area contributed by atoms with Crippen molar-refractivity contribution in [3.8, 4) is 11.5 Å². The number of hydrogen-bond donors (Lipinski definition) is 1. The van der Waals surface area contributed by atoms with Gasteiger partial charge in [-0.15, -0.1) is 0 Å². The first-order valence-corrected chi connectivity index (χ1v) is 8.88. The Balaban J connectivity index is 1.33. The molecular weight excluding hydrogens is 348 g/mol. The smallest absolute Gasteiger partial charge is 0.419 e. The fourth-order valence-electron chi connectivity index (χ4n) is 3.12. The van der Waals surface area contributed by atoms with E-state index in [0.717, 1.165) is 29.9 Å². The molecule has 0 aliphatic carbocycles. The van der Waals surface area contributed by atoms with E-state index in [9.17, 15) is 9.59 Å². The molecule has 1 aliphatic heterocycles. The predicted molar refractivity (Wildman–Crippen MR) is 100 cm³/mol. The van der Waals surface area contributed by atoms with Gasteiger partial charge in [0.2, 0.25) is 5.91 Å². The SMILES string of the molecule is Cn1c(=O)oc2ccc(NC(=O)CCCc3ccc4c(c3)OCCO4)cc21. The van der Waals surface area contributed by atoms with Gasteiger partial charge in [0.15, 0.2) is 17.1 Å². The third-order valence-corrected chi connectivity index (χ3v) is 4.55. The van der Waals surface area contributed by atoms with E-state index in [1.807, 2.05) is 18.2 Å². The van der Waals surface area contributed by atoms with Crippen LogP contribution in [0.5, 0.6) is 11.5 Å². The number of amides is 1. The Morgan fingerprint density at radius 2 is 1.93 bits per heavy atom. The summed E-state index contributed by atoms with van der Waals surface area (Å²) in [5, 5.41) is 2.87. The fraction of sp³-hybridized carbons (Fsp3) is 0.300. The number of nitrogens with zero attached hydrogens (tertiary/aromatic N) is 1. The van der Waals surface area contributed by atoms with E-state index in [1.165, 1.54) is 4.57 Å².